The molecule has 0 saturated carbocycles. The quantitative estimate of drug-likeness (QED) is 0.204. The molecule has 0 unspecified atom stereocenters. The van der Waals surface area contributed by atoms with Gasteiger partial charge >= 0.3 is 11.9 Å². The highest BCUT2D eigenvalue weighted by Gasteiger charge is 2.33. The first-order valence-corrected chi connectivity index (χ1v) is 15.9. The molecular formula is C32H46N4O7S. The van der Waals surface area contributed by atoms with E-state index in [1.807, 2.05) is 58.0 Å². The number of carbonyl (C=O) groups is 5. The zero-order chi connectivity index (χ0) is 33.0. The van der Waals surface area contributed by atoms with Crippen LogP contribution in [0.3, 0.4) is 0 Å². The van der Waals surface area contributed by atoms with Crippen molar-refractivity contribution in [2.75, 3.05) is 6.54 Å². The number of esters is 1. The van der Waals surface area contributed by atoms with E-state index in [4.69, 9.17) is 10.5 Å². The van der Waals surface area contributed by atoms with E-state index < -0.39 is 47.9 Å². The third kappa shape index (κ3) is 11.7. The topological polar surface area (TPSA) is 169 Å². The lowest BCUT2D eigenvalue weighted by Crippen LogP contribution is -2.48. The molecule has 0 aliphatic carbocycles. The van der Waals surface area contributed by atoms with Gasteiger partial charge in [-0.25, -0.2) is 4.98 Å². The molecule has 12 heteroatoms. The predicted molar refractivity (Wildman–Crippen MR) is 168 cm³/mol. The van der Waals surface area contributed by atoms with Crippen molar-refractivity contribution < 1.29 is 33.8 Å². The van der Waals surface area contributed by atoms with Crippen LogP contribution in [-0.2, 0) is 30.3 Å². The van der Waals surface area contributed by atoms with E-state index in [1.165, 1.54) is 11.8 Å². The molecule has 0 fully saturated rings. The Morgan fingerprint density at radius 2 is 1.73 bits per heavy atom. The van der Waals surface area contributed by atoms with Crippen molar-refractivity contribution in [3.63, 3.8) is 0 Å². The Bertz CT molecular complexity index is 1270. The van der Waals surface area contributed by atoms with Crippen LogP contribution in [0.25, 0.3) is 0 Å². The molecule has 3 amide bonds. The summed E-state index contributed by atoms with van der Waals surface area (Å²) in [4.78, 5) is 68.2. The summed E-state index contributed by atoms with van der Waals surface area (Å²) < 4.78 is 5.64. The van der Waals surface area contributed by atoms with Gasteiger partial charge in [-0.2, -0.15) is 0 Å². The predicted octanol–water partition coefficient (Wildman–Crippen LogP) is 4.36. The van der Waals surface area contributed by atoms with Crippen LogP contribution < -0.4 is 11.1 Å². The van der Waals surface area contributed by atoms with Crippen LogP contribution in [0.2, 0.25) is 0 Å². The number of thiazole rings is 1. The van der Waals surface area contributed by atoms with Crippen molar-refractivity contribution in [2.24, 2.45) is 23.5 Å². The Kier molecular flexibility index (Phi) is 14.5. The number of ether oxygens (including phenoxy) is 1. The summed E-state index contributed by atoms with van der Waals surface area (Å²) in [7, 11) is 0. The normalized spacial score (nSPS) is 14.6. The number of benzene rings is 1. The Labute approximate surface area is 263 Å². The Morgan fingerprint density at radius 1 is 1.07 bits per heavy atom. The number of hydrogen-bond donors (Lipinski definition) is 3. The largest absolute Gasteiger partial charge is 0.481 e. The zero-order valence-electron chi connectivity index (χ0n) is 26.4. The number of aromatic nitrogens is 1. The summed E-state index contributed by atoms with van der Waals surface area (Å²) in [6.07, 6.45) is 0.970. The van der Waals surface area contributed by atoms with Gasteiger partial charge in [0.2, 0.25) is 11.8 Å². The number of nitrogens with two attached hydrogens (primary N) is 1. The molecule has 0 bridgehead atoms. The highest BCUT2D eigenvalue weighted by molar-refractivity contribution is 7.09. The molecule has 1 aromatic heterocycles. The van der Waals surface area contributed by atoms with E-state index in [9.17, 15) is 29.1 Å². The lowest BCUT2D eigenvalue weighted by Gasteiger charge is -2.36. The second-order valence-electron chi connectivity index (χ2n) is 11.8. The van der Waals surface area contributed by atoms with E-state index in [0.717, 1.165) is 23.3 Å². The molecule has 0 aliphatic heterocycles. The Hall–Kier alpha value is -3.80. The number of carbonyl (C=O) groups excluding carboxylic acids is 4. The Balaban J connectivity index is 2.33. The van der Waals surface area contributed by atoms with Gasteiger partial charge in [0.15, 0.2) is 6.10 Å². The molecule has 0 radical (unpaired) electrons. The van der Waals surface area contributed by atoms with E-state index in [1.54, 1.807) is 12.3 Å². The number of nitrogens with one attached hydrogen (secondary N) is 1. The third-order valence-corrected chi connectivity index (χ3v) is 8.49. The molecule has 11 nitrogen and oxygen atoms in total. The van der Waals surface area contributed by atoms with Gasteiger partial charge in [-0.15, -0.1) is 11.3 Å². The molecule has 1 heterocycles. The van der Waals surface area contributed by atoms with Crippen molar-refractivity contribution >= 4 is 41.0 Å². The molecule has 242 valence electrons. The first-order valence-electron chi connectivity index (χ1n) is 15.0. The molecule has 2 aromatic rings. The second kappa shape index (κ2) is 17.5. The fourth-order valence-electron chi connectivity index (χ4n) is 4.91. The third-order valence-electron chi connectivity index (χ3n) is 7.55. The summed E-state index contributed by atoms with van der Waals surface area (Å²) in [6, 6.07) is 8.50. The van der Waals surface area contributed by atoms with Gasteiger partial charge in [0.05, 0.1) is 12.5 Å². The molecule has 0 spiro atoms. The van der Waals surface area contributed by atoms with Gasteiger partial charge in [0, 0.05) is 37.2 Å². The average molecular weight is 631 g/mol. The van der Waals surface area contributed by atoms with Gasteiger partial charge in [-0.1, -0.05) is 71.4 Å². The van der Waals surface area contributed by atoms with Gasteiger partial charge in [-0.05, 0) is 30.2 Å². The minimum absolute atomic E-state index is 0.103. The van der Waals surface area contributed by atoms with Crippen molar-refractivity contribution in [3.8, 4) is 0 Å². The Morgan fingerprint density at radius 3 is 2.27 bits per heavy atom. The van der Waals surface area contributed by atoms with Gasteiger partial charge < -0.3 is 25.8 Å². The van der Waals surface area contributed by atoms with E-state index >= 15 is 0 Å². The van der Waals surface area contributed by atoms with Crippen molar-refractivity contribution in [2.45, 2.75) is 91.8 Å². The number of rotatable bonds is 18. The summed E-state index contributed by atoms with van der Waals surface area (Å²) >= 11 is 1.14. The zero-order valence-corrected chi connectivity index (χ0v) is 27.3. The fraction of sp³-hybridized carbons (Fsp3) is 0.562. The molecule has 44 heavy (non-hydrogen) atoms. The van der Waals surface area contributed by atoms with Crippen LogP contribution in [-0.4, -0.2) is 63.3 Å². The smallest absolute Gasteiger partial charge is 0.306 e. The van der Waals surface area contributed by atoms with E-state index in [0.29, 0.717) is 11.4 Å². The summed E-state index contributed by atoms with van der Waals surface area (Å²) in [5.74, 6) is -3.54. The average Bonchev–Trinajstić information content (AvgIpc) is 3.44. The first-order chi connectivity index (χ1) is 20.7. The SMILES string of the molecule is CC[C@H](C)CC(=O)N(CC(N)=O)[C@H](C[C@@H](OC(C)=O)c1nc(C(=O)N[C@@H](Cc2ccccc2)C[C@H](C)C(=O)O)cs1)C(C)C. The molecule has 2 rings (SSSR count). The van der Waals surface area contributed by atoms with Crippen molar-refractivity contribution in [1.29, 1.82) is 0 Å². The first kappa shape index (κ1) is 36.4. The highest BCUT2D eigenvalue weighted by atomic mass is 32.1. The monoisotopic (exact) mass is 630 g/mol. The maximum Gasteiger partial charge on any atom is 0.306 e. The van der Waals surface area contributed by atoms with E-state index in [2.05, 4.69) is 10.3 Å². The number of carboxylic acid groups (broad SMARTS) is 1. The molecule has 0 saturated heterocycles. The van der Waals surface area contributed by atoms with Gasteiger partial charge in [0.25, 0.3) is 5.91 Å². The maximum atomic E-state index is 13.3. The van der Waals surface area contributed by atoms with Crippen LogP contribution in [0.5, 0.6) is 0 Å². The lowest BCUT2D eigenvalue weighted by molar-refractivity contribution is -0.149. The lowest BCUT2D eigenvalue weighted by atomic mass is 9.94. The van der Waals surface area contributed by atoms with Gasteiger partial charge in [-0.3, -0.25) is 24.0 Å². The number of carboxylic acids is 1. The highest BCUT2D eigenvalue weighted by Crippen LogP contribution is 2.31. The van der Waals surface area contributed by atoms with Crippen LogP contribution >= 0.6 is 11.3 Å². The molecule has 4 N–H and O–H groups in total. The van der Waals surface area contributed by atoms with Crippen LogP contribution in [0.15, 0.2) is 35.7 Å². The number of primary amides is 1. The minimum Gasteiger partial charge on any atom is -0.481 e. The number of nitrogens with zero attached hydrogens (tertiary/aromatic N) is 2. The van der Waals surface area contributed by atoms with Crippen LogP contribution in [0.1, 0.15) is 94.4 Å². The fourth-order valence-corrected chi connectivity index (χ4v) is 5.75. The molecule has 1 aromatic carbocycles. The molecule has 5 atom stereocenters. The van der Waals surface area contributed by atoms with E-state index in [-0.39, 0.29) is 49.2 Å². The van der Waals surface area contributed by atoms with Crippen molar-refractivity contribution in [3.05, 3.63) is 52.0 Å². The van der Waals surface area contributed by atoms with Gasteiger partial charge in [0.1, 0.15) is 10.7 Å². The second-order valence-corrected chi connectivity index (χ2v) is 12.6. The van der Waals surface area contributed by atoms with Crippen molar-refractivity contribution in [1.82, 2.24) is 15.2 Å². The minimum atomic E-state index is -0.954. The summed E-state index contributed by atoms with van der Waals surface area (Å²) in [5.41, 5.74) is 6.58. The number of aliphatic carboxylic acids is 1. The molecule has 0 aliphatic rings. The van der Waals surface area contributed by atoms with Crippen LogP contribution in [0.4, 0.5) is 0 Å². The molecular weight excluding hydrogens is 584 g/mol. The van der Waals surface area contributed by atoms with Crippen LogP contribution in [0, 0.1) is 17.8 Å². The standard InChI is InChI=1S/C32H46N4O7S/c1-7-20(4)13-29(39)36(17-28(33)38)26(19(2)3)16-27(43-22(6)37)31-35-25(18-44-31)30(40)34-24(14-21(5)32(41)42)15-23-11-9-8-10-12-23/h8-12,18-21,24,26-27H,7,13-17H2,1-6H3,(H2,33,38)(H,34,40)(H,41,42)/t20-,21-,24+,26+,27+/m0/s1. The summed E-state index contributed by atoms with van der Waals surface area (Å²) in [6.45, 7) is 10.4. The maximum absolute atomic E-state index is 13.3. The number of hydrogen-bond acceptors (Lipinski definition) is 8. The summed E-state index contributed by atoms with van der Waals surface area (Å²) in [5, 5.41) is 14.3. The number of amides is 3.